The number of aliphatic hydroxyl groups is 14. The summed E-state index contributed by atoms with van der Waals surface area (Å²) in [5.41, 5.74) is 0. The second-order valence-electron chi connectivity index (χ2n) is 11.1. The summed E-state index contributed by atoms with van der Waals surface area (Å²) in [6.45, 7) is -3.39. The molecule has 1 unspecified atom stereocenters. The summed E-state index contributed by atoms with van der Waals surface area (Å²) in [5, 5.41) is 143. The van der Waals surface area contributed by atoms with Crippen LogP contribution in [0.3, 0.4) is 0 Å². The minimum atomic E-state index is -2.07. The summed E-state index contributed by atoms with van der Waals surface area (Å²) in [6.07, 6.45) is -36.3. The topological polar surface area (TPSA) is 348 Å². The molecule has 0 aromatic carbocycles. The fraction of sp³-hybridized carbons (Fsp3) is 1.00. The molecular formula is C24H42O21. The standard InChI is InChI=1S/C24H42O21/c25-1-5-10(30)14(34)19(21(38)39-5)44-24-20(15(35)11(31)7(3-27)42-24)45-23-17(37)18(12(32)8(4-28)41-23)43-22-16(36)13(33)9(29)6(2-26)40-22/h5-38H,1-4H2/t5-,6-,7-,8-,9-,10-,11-,12-,13+,14+,15+,16-,17+,18+,19+,20+,21?,22-,23-,24-/m1/s1. The van der Waals surface area contributed by atoms with E-state index < -0.39 is 149 Å². The van der Waals surface area contributed by atoms with Crippen LogP contribution in [-0.4, -0.2) is 221 Å². The molecule has 0 aromatic rings. The van der Waals surface area contributed by atoms with Gasteiger partial charge < -0.3 is 105 Å². The molecule has 21 nitrogen and oxygen atoms in total. The molecule has 4 aliphatic heterocycles. The highest BCUT2D eigenvalue weighted by atomic mass is 16.8. The van der Waals surface area contributed by atoms with Gasteiger partial charge >= 0.3 is 0 Å². The summed E-state index contributed by atoms with van der Waals surface area (Å²) in [7, 11) is 0. The lowest BCUT2D eigenvalue weighted by Crippen LogP contribution is -2.67. The van der Waals surface area contributed by atoms with Gasteiger partial charge in [0.2, 0.25) is 0 Å². The first-order chi connectivity index (χ1) is 21.3. The van der Waals surface area contributed by atoms with Gasteiger partial charge in [0, 0.05) is 0 Å². The van der Waals surface area contributed by atoms with Gasteiger partial charge in [-0.1, -0.05) is 0 Å². The lowest BCUT2D eigenvalue weighted by molar-refractivity contribution is -0.399. The Labute approximate surface area is 254 Å². The first-order valence-corrected chi connectivity index (χ1v) is 14.1. The highest BCUT2D eigenvalue weighted by molar-refractivity contribution is 4.97. The van der Waals surface area contributed by atoms with Crippen LogP contribution in [0.15, 0.2) is 0 Å². The zero-order valence-corrected chi connectivity index (χ0v) is 23.5. The molecule has 0 aliphatic carbocycles. The van der Waals surface area contributed by atoms with Crippen molar-refractivity contribution in [2.75, 3.05) is 26.4 Å². The van der Waals surface area contributed by atoms with Gasteiger partial charge in [-0.2, -0.15) is 0 Å². The van der Waals surface area contributed by atoms with Crippen molar-refractivity contribution in [2.24, 2.45) is 0 Å². The highest BCUT2D eigenvalue weighted by Gasteiger charge is 2.55. The second-order valence-corrected chi connectivity index (χ2v) is 11.1. The van der Waals surface area contributed by atoms with Gasteiger partial charge in [-0.15, -0.1) is 0 Å². The number of aliphatic hydroxyl groups excluding tert-OH is 14. The molecule has 4 aliphatic rings. The van der Waals surface area contributed by atoms with E-state index in [4.69, 9.17) is 33.2 Å². The van der Waals surface area contributed by atoms with E-state index in [1.807, 2.05) is 0 Å². The molecule has 45 heavy (non-hydrogen) atoms. The fourth-order valence-electron chi connectivity index (χ4n) is 5.50. The molecule has 0 aromatic heterocycles. The van der Waals surface area contributed by atoms with Gasteiger partial charge in [-0.25, -0.2) is 0 Å². The van der Waals surface area contributed by atoms with Crippen LogP contribution in [-0.2, 0) is 33.2 Å². The molecule has 0 amide bonds. The van der Waals surface area contributed by atoms with E-state index in [2.05, 4.69) is 0 Å². The Morgan fingerprint density at radius 3 is 1.24 bits per heavy atom. The van der Waals surface area contributed by atoms with E-state index in [1.54, 1.807) is 0 Å². The van der Waals surface area contributed by atoms with Crippen LogP contribution in [0.2, 0.25) is 0 Å². The maximum Gasteiger partial charge on any atom is 0.187 e. The van der Waals surface area contributed by atoms with Crippen LogP contribution >= 0.6 is 0 Å². The third-order valence-electron chi connectivity index (χ3n) is 8.21. The molecule has 0 bridgehead atoms. The Hall–Kier alpha value is -0.840. The Kier molecular flexibility index (Phi) is 12.8. The third kappa shape index (κ3) is 7.44. The van der Waals surface area contributed by atoms with Crippen LogP contribution in [0.1, 0.15) is 0 Å². The smallest absolute Gasteiger partial charge is 0.187 e. The van der Waals surface area contributed by atoms with Crippen LogP contribution < -0.4 is 0 Å². The fourth-order valence-corrected chi connectivity index (χ4v) is 5.50. The zero-order chi connectivity index (χ0) is 33.3. The van der Waals surface area contributed by atoms with E-state index in [1.165, 1.54) is 0 Å². The van der Waals surface area contributed by atoms with Crippen LogP contribution in [0.25, 0.3) is 0 Å². The lowest BCUT2D eigenvalue weighted by atomic mass is 9.96. The molecule has 0 spiro atoms. The molecule has 20 atom stereocenters. The van der Waals surface area contributed by atoms with Gasteiger partial charge in [0.1, 0.15) is 97.7 Å². The lowest BCUT2D eigenvalue weighted by Gasteiger charge is -2.49. The van der Waals surface area contributed by atoms with Gasteiger partial charge in [0.15, 0.2) is 25.2 Å². The summed E-state index contributed by atoms with van der Waals surface area (Å²) in [5.74, 6) is 0. The van der Waals surface area contributed by atoms with Crippen molar-refractivity contribution in [1.29, 1.82) is 0 Å². The number of hydrogen-bond acceptors (Lipinski definition) is 21. The summed E-state index contributed by atoms with van der Waals surface area (Å²) >= 11 is 0. The normalized spacial score (nSPS) is 52.9. The third-order valence-corrected chi connectivity index (χ3v) is 8.21. The molecule has 0 radical (unpaired) electrons. The Bertz CT molecular complexity index is 916. The molecule has 14 N–H and O–H groups in total. The summed E-state index contributed by atoms with van der Waals surface area (Å²) < 4.78 is 37.9. The summed E-state index contributed by atoms with van der Waals surface area (Å²) in [4.78, 5) is 0. The van der Waals surface area contributed by atoms with Gasteiger partial charge in [-0.3, -0.25) is 0 Å². The van der Waals surface area contributed by atoms with E-state index in [0.29, 0.717) is 0 Å². The number of hydrogen-bond donors (Lipinski definition) is 14. The highest BCUT2D eigenvalue weighted by Crippen LogP contribution is 2.34. The van der Waals surface area contributed by atoms with E-state index in [0.717, 1.165) is 0 Å². The van der Waals surface area contributed by atoms with E-state index >= 15 is 0 Å². The predicted molar refractivity (Wildman–Crippen MR) is 134 cm³/mol. The second kappa shape index (κ2) is 15.6. The number of ether oxygens (including phenoxy) is 7. The van der Waals surface area contributed by atoms with Crippen molar-refractivity contribution in [1.82, 2.24) is 0 Å². The monoisotopic (exact) mass is 666 g/mol. The van der Waals surface area contributed by atoms with Crippen LogP contribution in [0.5, 0.6) is 0 Å². The molecule has 264 valence electrons. The SMILES string of the molecule is OC[C@H]1O[C@H](O[C@@H]2[C@H](O)[C@@H](O[C@@H]3[C@@H](O[C@@H]4C(O)O[C@H](CO)[C@@H](O)[C@@H]4O)O[C@H](CO)[C@@H](O)[C@@H]3O)O[C@H](CO)[C@H]2O)[C@H](O)[C@@H](O)[C@@H]1O. The van der Waals surface area contributed by atoms with Crippen LogP contribution in [0, 0.1) is 0 Å². The van der Waals surface area contributed by atoms with Crippen molar-refractivity contribution in [2.45, 2.75) is 123 Å². The maximum atomic E-state index is 11.1. The first kappa shape index (κ1) is 37.0. The van der Waals surface area contributed by atoms with Crippen molar-refractivity contribution in [3.05, 3.63) is 0 Å². The molecule has 4 saturated heterocycles. The Morgan fingerprint density at radius 2 is 0.711 bits per heavy atom. The van der Waals surface area contributed by atoms with Crippen molar-refractivity contribution in [3.63, 3.8) is 0 Å². The Morgan fingerprint density at radius 1 is 0.333 bits per heavy atom. The van der Waals surface area contributed by atoms with Crippen LogP contribution in [0.4, 0.5) is 0 Å². The van der Waals surface area contributed by atoms with Gasteiger partial charge in [0.25, 0.3) is 0 Å². The van der Waals surface area contributed by atoms with E-state index in [9.17, 15) is 71.5 Å². The molecular weight excluding hydrogens is 624 g/mol. The minimum Gasteiger partial charge on any atom is -0.394 e. The molecule has 4 fully saturated rings. The molecule has 0 saturated carbocycles. The first-order valence-electron chi connectivity index (χ1n) is 14.1. The average molecular weight is 667 g/mol. The van der Waals surface area contributed by atoms with Gasteiger partial charge in [0.05, 0.1) is 26.4 Å². The quantitative estimate of drug-likeness (QED) is 0.103. The number of rotatable bonds is 10. The molecule has 4 heterocycles. The molecule has 21 heteroatoms. The largest absolute Gasteiger partial charge is 0.394 e. The molecule has 4 rings (SSSR count). The van der Waals surface area contributed by atoms with Crippen molar-refractivity contribution < 1.29 is 105 Å². The minimum absolute atomic E-state index is 0.785. The van der Waals surface area contributed by atoms with Crippen molar-refractivity contribution >= 4 is 0 Å². The average Bonchev–Trinajstić information content (AvgIpc) is 3.03. The van der Waals surface area contributed by atoms with Gasteiger partial charge in [-0.05, 0) is 0 Å². The maximum absolute atomic E-state index is 11.1. The Balaban J connectivity index is 1.56. The predicted octanol–water partition coefficient (Wildman–Crippen LogP) is -9.75. The zero-order valence-electron chi connectivity index (χ0n) is 23.5. The van der Waals surface area contributed by atoms with E-state index in [-0.39, 0.29) is 0 Å². The summed E-state index contributed by atoms with van der Waals surface area (Å²) in [6, 6.07) is 0. The van der Waals surface area contributed by atoms with Crippen molar-refractivity contribution in [3.8, 4) is 0 Å².